The third-order valence-electron chi connectivity index (χ3n) is 14.3. The fourth-order valence-corrected chi connectivity index (χ4v) is 12.9. The summed E-state index contributed by atoms with van der Waals surface area (Å²) in [5.41, 5.74) is 1.10. The topological polar surface area (TPSA) is 46.6 Å². The normalized spacial score (nSPS) is 39.2. The summed E-state index contributed by atoms with van der Waals surface area (Å²) in [5, 5.41) is 0. The molecule has 5 aliphatic rings. The molecule has 5 rings (SSSR count). The lowest BCUT2D eigenvalue weighted by Gasteiger charge is -2.62. The van der Waals surface area contributed by atoms with Gasteiger partial charge in [-0.15, -0.1) is 0 Å². The van der Waals surface area contributed by atoms with Gasteiger partial charge >= 0.3 is 0 Å². The molecule has 0 N–H and O–H groups in total. The van der Waals surface area contributed by atoms with Crippen LogP contribution in [0.1, 0.15) is 157 Å². The maximum Gasteiger partial charge on any atom is 0.267 e. The first-order chi connectivity index (χ1) is 20.5. The van der Waals surface area contributed by atoms with Crippen LogP contribution in [0.25, 0.3) is 0 Å². The van der Waals surface area contributed by atoms with E-state index in [1.807, 2.05) is 0 Å². The van der Waals surface area contributed by atoms with E-state index in [0.717, 1.165) is 73.8 Å². The Hall–Kier alpha value is -0.130. The molecule has 5 heteroatoms. The molecule has 43 heavy (non-hydrogen) atoms. The maximum absolute atomic E-state index is 12.6. The Kier molecular flexibility index (Phi) is 11.4. The number of hydrogen-bond donors (Lipinski definition) is 0. The first-order valence-electron chi connectivity index (χ1n) is 19.1. The lowest BCUT2D eigenvalue weighted by atomic mass is 9.44. The molecular formula is C38H69NO3S. The van der Waals surface area contributed by atoms with E-state index < -0.39 is 10.1 Å². The second-order valence-electron chi connectivity index (χ2n) is 17.3. The molecule has 2 unspecified atom stereocenters. The lowest BCUT2D eigenvalue weighted by Crippen LogP contribution is -2.61. The second kappa shape index (κ2) is 14.3. The van der Waals surface area contributed by atoms with Crippen molar-refractivity contribution in [1.29, 1.82) is 0 Å². The van der Waals surface area contributed by atoms with Crippen molar-refractivity contribution in [3.8, 4) is 0 Å². The van der Waals surface area contributed by atoms with Gasteiger partial charge in [0.1, 0.15) is 6.10 Å². The Morgan fingerprint density at radius 2 is 1.49 bits per heavy atom. The number of rotatable bonds is 15. The molecule has 0 aromatic rings. The van der Waals surface area contributed by atoms with Crippen LogP contribution in [0, 0.1) is 52.3 Å². The molecule has 5 fully saturated rings. The molecule has 0 bridgehead atoms. The zero-order valence-corrected chi connectivity index (χ0v) is 29.9. The third-order valence-corrected chi connectivity index (χ3v) is 15.6. The highest BCUT2D eigenvalue weighted by Gasteiger charge is 2.61. The van der Waals surface area contributed by atoms with E-state index in [-0.39, 0.29) is 11.9 Å². The van der Waals surface area contributed by atoms with Gasteiger partial charge in [-0.2, -0.15) is 8.42 Å². The molecule has 0 aromatic heterocycles. The summed E-state index contributed by atoms with van der Waals surface area (Å²) in [4.78, 5) is 2.57. The number of likely N-dealkylation sites (tertiary alicyclic amines) is 1. The number of fused-ring (bicyclic) bond motifs is 5. The predicted molar refractivity (Wildman–Crippen MR) is 180 cm³/mol. The molecule has 1 heterocycles. The minimum absolute atomic E-state index is 0.117. The molecule has 4 saturated carbocycles. The molecule has 9 atom stereocenters. The molecule has 0 amide bonds. The van der Waals surface area contributed by atoms with Gasteiger partial charge < -0.3 is 0 Å². The van der Waals surface area contributed by atoms with Gasteiger partial charge in [-0.25, -0.2) is 0 Å². The Morgan fingerprint density at radius 1 is 0.791 bits per heavy atom. The van der Waals surface area contributed by atoms with Gasteiger partial charge in [0, 0.05) is 19.1 Å². The number of nitrogens with zero attached hydrogens (tertiary/aromatic N) is 1. The first-order valence-corrected chi connectivity index (χ1v) is 20.7. The summed E-state index contributed by atoms with van der Waals surface area (Å²) in [6.07, 6.45) is 23.5. The summed E-state index contributed by atoms with van der Waals surface area (Å²) in [5.74, 6) is 6.58. The number of unbranched alkanes of at least 4 members (excludes halogenated alkanes) is 5. The minimum atomic E-state index is -3.39. The van der Waals surface area contributed by atoms with Crippen molar-refractivity contribution >= 4 is 10.1 Å². The summed E-state index contributed by atoms with van der Waals surface area (Å²) in [7, 11) is -3.39. The summed E-state index contributed by atoms with van der Waals surface area (Å²) in [6, 6.07) is 0.632. The van der Waals surface area contributed by atoms with Gasteiger partial charge in [0.2, 0.25) is 0 Å². The van der Waals surface area contributed by atoms with Gasteiger partial charge in [0.15, 0.2) is 0 Å². The zero-order chi connectivity index (χ0) is 30.8. The summed E-state index contributed by atoms with van der Waals surface area (Å²) in [6.45, 7) is 16.6. The van der Waals surface area contributed by atoms with Crippen molar-refractivity contribution in [2.75, 3.05) is 18.8 Å². The van der Waals surface area contributed by atoms with E-state index in [1.54, 1.807) is 0 Å². The predicted octanol–water partition coefficient (Wildman–Crippen LogP) is 9.87. The second-order valence-corrected chi connectivity index (χ2v) is 19.0. The maximum atomic E-state index is 12.6. The Morgan fingerprint density at radius 3 is 2.23 bits per heavy atom. The van der Waals surface area contributed by atoms with Crippen molar-refractivity contribution in [3.05, 3.63) is 0 Å². The van der Waals surface area contributed by atoms with E-state index in [0.29, 0.717) is 16.9 Å². The highest BCUT2D eigenvalue weighted by molar-refractivity contribution is 7.86. The summed E-state index contributed by atoms with van der Waals surface area (Å²) < 4.78 is 30.8. The van der Waals surface area contributed by atoms with E-state index in [4.69, 9.17) is 4.18 Å². The highest BCUT2D eigenvalue weighted by Crippen LogP contribution is 2.68. The summed E-state index contributed by atoms with van der Waals surface area (Å²) >= 11 is 0. The Labute approximate surface area is 267 Å². The average molecular weight is 620 g/mol. The van der Waals surface area contributed by atoms with Crippen LogP contribution in [0.15, 0.2) is 0 Å². The fourth-order valence-electron chi connectivity index (χ4n) is 11.7. The average Bonchev–Trinajstić information content (AvgIpc) is 3.29. The lowest BCUT2D eigenvalue weighted by molar-refractivity contribution is -0.132. The van der Waals surface area contributed by atoms with Crippen LogP contribution in [0.3, 0.4) is 0 Å². The molecule has 1 aliphatic heterocycles. The van der Waals surface area contributed by atoms with Crippen LogP contribution in [0.2, 0.25) is 0 Å². The van der Waals surface area contributed by atoms with Gasteiger partial charge in [0.05, 0.1) is 5.75 Å². The molecule has 0 spiro atoms. The largest absolute Gasteiger partial charge is 0.295 e. The minimum Gasteiger partial charge on any atom is -0.295 e. The van der Waals surface area contributed by atoms with E-state index in [1.165, 1.54) is 96.3 Å². The Bertz CT molecular complexity index is 991. The van der Waals surface area contributed by atoms with Crippen molar-refractivity contribution < 1.29 is 12.6 Å². The van der Waals surface area contributed by atoms with Crippen LogP contribution in [-0.2, 0) is 14.3 Å². The number of hydrogen-bond acceptors (Lipinski definition) is 4. The standard InChI is InChI=1S/C38H69NO3S/c1-7-8-9-10-11-12-24-43(40,41)42-32-26-39(27-32)31-20-22-37(5)30(25-31)16-17-33-35-19-18-34(29(4)15-13-14-28(2)3)38(35,6)23-21-36(33)37/h28-36H,7-27H2,1-6H3/t29-,30?,31?,33+,34-,35+,36+,37+,38-/m1/s1. The smallest absolute Gasteiger partial charge is 0.267 e. The zero-order valence-electron chi connectivity index (χ0n) is 29.1. The Balaban J connectivity index is 1.09. The quantitative estimate of drug-likeness (QED) is 0.135. The molecule has 4 aliphatic carbocycles. The van der Waals surface area contributed by atoms with Crippen LogP contribution in [0.5, 0.6) is 0 Å². The first kappa shape index (κ1) is 34.2. The molecule has 4 nitrogen and oxygen atoms in total. The van der Waals surface area contributed by atoms with Crippen molar-refractivity contribution in [2.45, 2.75) is 169 Å². The molecular weight excluding hydrogens is 550 g/mol. The molecule has 250 valence electrons. The van der Waals surface area contributed by atoms with Gasteiger partial charge in [-0.3, -0.25) is 9.08 Å². The SMILES string of the molecule is CCCCCCCCS(=O)(=O)OC1CN(C2CC[C@@]3(C)C(CC[C@H]4[C@@H]5CC[C@H]([C@H](C)CCCC(C)C)[C@@]5(C)CC[C@@H]43)C2)C1. The van der Waals surface area contributed by atoms with E-state index in [2.05, 4.69) is 46.4 Å². The van der Waals surface area contributed by atoms with Gasteiger partial charge in [-0.1, -0.05) is 92.9 Å². The molecule has 0 radical (unpaired) electrons. The van der Waals surface area contributed by atoms with Crippen LogP contribution in [-0.4, -0.2) is 44.3 Å². The van der Waals surface area contributed by atoms with Gasteiger partial charge in [0.25, 0.3) is 10.1 Å². The van der Waals surface area contributed by atoms with Crippen LogP contribution >= 0.6 is 0 Å². The van der Waals surface area contributed by atoms with Crippen LogP contribution in [0.4, 0.5) is 0 Å². The van der Waals surface area contributed by atoms with Crippen molar-refractivity contribution in [3.63, 3.8) is 0 Å². The highest BCUT2D eigenvalue weighted by atomic mass is 32.2. The third kappa shape index (κ3) is 7.55. The molecule has 1 saturated heterocycles. The van der Waals surface area contributed by atoms with Crippen molar-refractivity contribution in [2.24, 2.45) is 52.3 Å². The van der Waals surface area contributed by atoms with Crippen molar-refractivity contribution in [1.82, 2.24) is 4.90 Å². The van der Waals surface area contributed by atoms with Gasteiger partial charge in [-0.05, 0) is 116 Å². The van der Waals surface area contributed by atoms with E-state index >= 15 is 0 Å². The monoisotopic (exact) mass is 619 g/mol. The molecule has 0 aromatic carbocycles. The van der Waals surface area contributed by atoms with E-state index in [9.17, 15) is 8.42 Å². The van der Waals surface area contributed by atoms with Crippen LogP contribution < -0.4 is 0 Å². The fraction of sp³-hybridized carbons (Fsp3) is 1.00.